The molecule has 0 bridgehead atoms. The zero-order valence-corrected chi connectivity index (χ0v) is 11.2. The second-order valence-electron chi connectivity index (χ2n) is 5.11. The van der Waals surface area contributed by atoms with Crippen LogP contribution in [0.1, 0.15) is 70.6 Å². The molecule has 1 nitrogen and oxygen atoms in total. The van der Waals surface area contributed by atoms with Crippen LogP contribution in [-0.4, -0.2) is 11.7 Å². The minimum atomic E-state index is 0.366. The zero-order valence-electron chi connectivity index (χ0n) is 11.2. The van der Waals surface area contributed by atoms with Crippen LogP contribution in [0, 0.1) is 0 Å². The van der Waals surface area contributed by atoms with Crippen LogP contribution in [0.25, 0.3) is 0 Å². The minimum absolute atomic E-state index is 0.366. The van der Waals surface area contributed by atoms with E-state index in [1.165, 1.54) is 64.2 Å². The van der Waals surface area contributed by atoms with Gasteiger partial charge in [0.2, 0.25) is 0 Å². The van der Waals surface area contributed by atoms with Gasteiger partial charge in [0.25, 0.3) is 0 Å². The summed E-state index contributed by atoms with van der Waals surface area (Å²) in [6.45, 7) is 0.366. The second kappa shape index (κ2) is 10.6. The predicted octanol–water partition coefficient (Wildman–Crippen LogP) is 4.77. The van der Waals surface area contributed by atoms with E-state index in [2.05, 4.69) is 18.2 Å². The van der Waals surface area contributed by atoms with Gasteiger partial charge < -0.3 is 5.11 Å². The summed E-state index contributed by atoms with van der Waals surface area (Å²) in [6.07, 6.45) is 21.0. The summed E-state index contributed by atoms with van der Waals surface area (Å²) in [5, 5.41) is 8.65. The lowest BCUT2D eigenvalue weighted by Gasteiger charge is -2.03. The van der Waals surface area contributed by atoms with Crippen LogP contribution in [0.15, 0.2) is 23.8 Å². The molecule has 0 aromatic heterocycles. The highest BCUT2D eigenvalue weighted by atomic mass is 16.2. The Kier molecular flexibility index (Phi) is 9.03. The van der Waals surface area contributed by atoms with Crippen LogP contribution in [0.4, 0.5) is 0 Å². The maximum atomic E-state index is 8.65. The van der Waals surface area contributed by atoms with Gasteiger partial charge in [-0.15, -0.1) is 0 Å². The Labute approximate surface area is 107 Å². The summed E-state index contributed by atoms with van der Waals surface area (Å²) < 4.78 is 0. The summed E-state index contributed by atoms with van der Waals surface area (Å²) in [5.41, 5.74) is 1.62. The average molecular weight is 236 g/mol. The Bertz CT molecular complexity index is 228. The Balaban J connectivity index is 1.72. The molecule has 0 heterocycles. The van der Waals surface area contributed by atoms with E-state index in [1.807, 2.05) is 0 Å². The lowest BCUT2D eigenvalue weighted by Crippen LogP contribution is -1.85. The van der Waals surface area contributed by atoms with Gasteiger partial charge in [-0.05, 0) is 25.7 Å². The van der Waals surface area contributed by atoms with Gasteiger partial charge in [0.15, 0.2) is 0 Å². The second-order valence-corrected chi connectivity index (χ2v) is 5.11. The Morgan fingerprint density at radius 3 is 1.94 bits per heavy atom. The van der Waals surface area contributed by atoms with Crippen molar-refractivity contribution in [2.45, 2.75) is 70.6 Å². The molecule has 1 aliphatic carbocycles. The molecule has 0 fully saturated rings. The van der Waals surface area contributed by atoms with E-state index >= 15 is 0 Å². The van der Waals surface area contributed by atoms with Crippen molar-refractivity contribution in [1.82, 2.24) is 0 Å². The maximum absolute atomic E-state index is 8.65. The Hall–Kier alpha value is -0.560. The third-order valence-electron chi connectivity index (χ3n) is 3.50. The number of unbranched alkanes of at least 4 members (excludes halogenated alkanes) is 8. The molecule has 98 valence electrons. The van der Waals surface area contributed by atoms with Crippen LogP contribution >= 0.6 is 0 Å². The summed E-state index contributed by atoms with van der Waals surface area (Å²) in [4.78, 5) is 0. The van der Waals surface area contributed by atoms with Crippen molar-refractivity contribution in [2.24, 2.45) is 0 Å². The zero-order chi connectivity index (χ0) is 12.2. The van der Waals surface area contributed by atoms with Crippen LogP contribution in [0.3, 0.4) is 0 Å². The fourth-order valence-electron chi connectivity index (χ4n) is 2.38. The molecular weight excluding hydrogens is 208 g/mol. The van der Waals surface area contributed by atoms with Crippen molar-refractivity contribution >= 4 is 0 Å². The quantitative estimate of drug-likeness (QED) is 0.512. The molecule has 1 rings (SSSR count). The third kappa shape index (κ3) is 8.20. The van der Waals surface area contributed by atoms with Gasteiger partial charge >= 0.3 is 0 Å². The molecule has 1 aliphatic rings. The number of allylic oxidation sites excluding steroid dienone is 4. The first-order chi connectivity index (χ1) is 8.43. The van der Waals surface area contributed by atoms with E-state index < -0.39 is 0 Å². The van der Waals surface area contributed by atoms with E-state index in [0.717, 1.165) is 6.42 Å². The number of aliphatic hydroxyl groups is 1. The molecule has 0 radical (unpaired) electrons. The fourth-order valence-corrected chi connectivity index (χ4v) is 2.38. The molecule has 0 spiro atoms. The smallest absolute Gasteiger partial charge is 0.0431 e. The molecule has 0 aromatic carbocycles. The van der Waals surface area contributed by atoms with Crippen molar-refractivity contribution in [3.63, 3.8) is 0 Å². The minimum Gasteiger partial charge on any atom is -0.396 e. The molecule has 0 atom stereocenters. The van der Waals surface area contributed by atoms with Gasteiger partial charge in [-0.3, -0.25) is 0 Å². The van der Waals surface area contributed by atoms with Gasteiger partial charge in [-0.2, -0.15) is 0 Å². The maximum Gasteiger partial charge on any atom is 0.0431 e. The van der Waals surface area contributed by atoms with Gasteiger partial charge in [0.1, 0.15) is 0 Å². The first-order valence-corrected chi connectivity index (χ1v) is 7.39. The van der Waals surface area contributed by atoms with Gasteiger partial charge in [-0.25, -0.2) is 0 Å². The van der Waals surface area contributed by atoms with E-state index in [-0.39, 0.29) is 0 Å². The van der Waals surface area contributed by atoms with Gasteiger partial charge in [0.05, 0.1) is 0 Å². The lowest BCUT2D eigenvalue weighted by molar-refractivity contribution is 0.282. The Morgan fingerprint density at radius 2 is 1.41 bits per heavy atom. The van der Waals surface area contributed by atoms with E-state index in [0.29, 0.717) is 6.61 Å². The molecule has 0 amide bonds. The van der Waals surface area contributed by atoms with E-state index in [1.54, 1.807) is 5.57 Å². The van der Waals surface area contributed by atoms with E-state index in [4.69, 9.17) is 5.11 Å². The third-order valence-corrected chi connectivity index (χ3v) is 3.50. The van der Waals surface area contributed by atoms with Crippen molar-refractivity contribution in [3.05, 3.63) is 23.8 Å². The highest BCUT2D eigenvalue weighted by Crippen LogP contribution is 2.18. The van der Waals surface area contributed by atoms with Gasteiger partial charge in [0, 0.05) is 6.61 Å². The molecule has 0 saturated carbocycles. The summed E-state index contributed by atoms with van der Waals surface area (Å²) >= 11 is 0. The van der Waals surface area contributed by atoms with Crippen LogP contribution in [0.5, 0.6) is 0 Å². The highest BCUT2D eigenvalue weighted by Gasteiger charge is 1.98. The summed E-state index contributed by atoms with van der Waals surface area (Å²) in [6, 6.07) is 0. The van der Waals surface area contributed by atoms with Crippen molar-refractivity contribution < 1.29 is 5.11 Å². The standard InChI is InChI=1S/C16H28O/c17-15-11-7-5-3-1-2-4-6-8-12-16-13-9-10-14-16/h9-10,13,17H,1-8,11-12,14-15H2. The molecule has 0 saturated heterocycles. The molecular formula is C16H28O. The largest absolute Gasteiger partial charge is 0.396 e. The number of aliphatic hydroxyl groups excluding tert-OH is 1. The number of rotatable bonds is 11. The highest BCUT2D eigenvalue weighted by molar-refractivity contribution is 5.22. The van der Waals surface area contributed by atoms with Crippen LogP contribution in [0.2, 0.25) is 0 Å². The monoisotopic (exact) mass is 236 g/mol. The van der Waals surface area contributed by atoms with Gasteiger partial charge in [-0.1, -0.05) is 68.7 Å². The van der Waals surface area contributed by atoms with Crippen LogP contribution < -0.4 is 0 Å². The molecule has 0 unspecified atom stereocenters. The summed E-state index contributed by atoms with van der Waals surface area (Å²) in [5.74, 6) is 0. The number of hydrogen-bond donors (Lipinski definition) is 1. The van der Waals surface area contributed by atoms with E-state index in [9.17, 15) is 0 Å². The Morgan fingerprint density at radius 1 is 0.824 bits per heavy atom. The molecule has 1 N–H and O–H groups in total. The normalized spacial score (nSPS) is 14.3. The topological polar surface area (TPSA) is 20.2 Å². The van der Waals surface area contributed by atoms with Crippen LogP contribution in [-0.2, 0) is 0 Å². The van der Waals surface area contributed by atoms with Crippen molar-refractivity contribution in [3.8, 4) is 0 Å². The molecule has 1 heteroatoms. The number of hydrogen-bond acceptors (Lipinski definition) is 1. The SMILES string of the molecule is OCCCCCCCCCCCC1=CC=CC1. The molecule has 0 aliphatic heterocycles. The first-order valence-electron chi connectivity index (χ1n) is 7.39. The lowest BCUT2D eigenvalue weighted by atomic mass is 10.0. The van der Waals surface area contributed by atoms with Crippen molar-refractivity contribution in [2.75, 3.05) is 6.61 Å². The molecule has 0 aromatic rings. The van der Waals surface area contributed by atoms with Crippen molar-refractivity contribution in [1.29, 1.82) is 0 Å². The summed E-state index contributed by atoms with van der Waals surface area (Å²) in [7, 11) is 0. The predicted molar refractivity (Wildman–Crippen MR) is 75.1 cm³/mol. The molecule has 17 heavy (non-hydrogen) atoms. The fraction of sp³-hybridized carbons (Fsp3) is 0.750. The first kappa shape index (κ1) is 14.5. The average Bonchev–Trinajstić information content (AvgIpc) is 2.85.